The van der Waals surface area contributed by atoms with Crippen LogP contribution in [0.4, 0.5) is 4.79 Å². The summed E-state index contributed by atoms with van der Waals surface area (Å²) < 4.78 is 4.98. The topological polar surface area (TPSA) is 66.0 Å². The number of halogens is 1. The van der Waals surface area contributed by atoms with Crippen molar-refractivity contribution in [2.24, 2.45) is 10.9 Å². The van der Waals surface area contributed by atoms with Crippen molar-refractivity contribution >= 4 is 36.0 Å². The molecule has 0 radical (unpaired) electrons. The third-order valence-corrected chi connectivity index (χ3v) is 3.56. The highest BCUT2D eigenvalue weighted by Gasteiger charge is 2.18. The van der Waals surface area contributed by atoms with E-state index in [-0.39, 0.29) is 36.1 Å². The zero-order valence-corrected chi connectivity index (χ0v) is 17.3. The maximum absolute atomic E-state index is 11.7. The number of nitrogens with zero attached hydrogens (tertiary/aromatic N) is 2. The van der Waals surface area contributed by atoms with E-state index in [2.05, 4.69) is 36.3 Å². The summed E-state index contributed by atoms with van der Waals surface area (Å²) in [5.74, 6) is 1.45. The van der Waals surface area contributed by atoms with E-state index < -0.39 is 0 Å². The minimum absolute atomic E-state index is 0. The number of ether oxygens (including phenoxy) is 1. The van der Waals surface area contributed by atoms with Crippen molar-refractivity contribution in [3.63, 3.8) is 0 Å². The average Bonchev–Trinajstić information content (AvgIpc) is 2.96. The van der Waals surface area contributed by atoms with Gasteiger partial charge in [0, 0.05) is 19.6 Å². The Labute approximate surface area is 157 Å². The van der Waals surface area contributed by atoms with Gasteiger partial charge in [0.2, 0.25) is 0 Å². The lowest BCUT2D eigenvalue weighted by Gasteiger charge is -2.23. The summed E-state index contributed by atoms with van der Waals surface area (Å²) in [6.45, 7) is 12.1. The minimum atomic E-state index is -0.352. The molecule has 1 fully saturated rings. The van der Waals surface area contributed by atoms with Crippen molar-refractivity contribution in [2.75, 3.05) is 32.8 Å². The Hall–Kier alpha value is -0.730. The van der Waals surface area contributed by atoms with Gasteiger partial charge in [0.15, 0.2) is 5.96 Å². The second-order valence-corrected chi connectivity index (χ2v) is 6.08. The fraction of sp³-hybridized carbons (Fsp3) is 0.875. The van der Waals surface area contributed by atoms with Crippen LogP contribution < -0.4 is 10.6 Å². The van der Waals surface area contributed by atoms with E-state index in [0.717, 1.165) is 32.0 Å². The molecule has 136 valence electrons. The van der Waals surface area contributed by atoms with Gasteiger partial charge in [-0.15, -0.1) is 24.0 Å². The van der Waals surface area contributed by atoms with Gasteiger partial charge in [0.1, 0.15) is 0 Å². The number of aliphatic imine (C=N–C) groups is 1. The Kier molecular flexibility index (Phi) is 12.3. The Morgan fingerprint density at radius 3 is 2.43 bits per heavy atom. The summed E-state index contributed by atoms with van der Waals surface area (Å²) in [7, 11) is 0. The van der Waals surface area contributed by atoms with Gasteiger partial charge in [-0.25, -0.2) is 4.79 Å². The maximum Gasteiger partial charge on any atom is 0.407 e. The fourth-order valence-corrected chi connectivity index (χ4v) is 2.64. The largest absolute Gasteiger partial charge is 0.450 e. The number of hydrogen-bond donors (Lipinski definition) is 2. The van der Waals surface area contributed by atoms with Crippen molar-refractivity contribution in [1.82, 2.24) is 15.5 Å². The van der Waals surface area contributed by atoms with Crippen molar-refractivity contribution in [3.05, 3.63) is 0 Å². The van der Waals surface area contributed by atoms with Crippen LogP contribution in [-0.2, 0) is 4.74 Å². The number of alkyl carbamates (subject to hydrolysis) is 1. The molecule has 0 aromatic heterocycles. The molecule has 0 aliphatic carbocycles. The van der Waals surface area contributed by atoms with E-state index in [1.54, 1.807) is 0 Å². The molecular formula is C16H33IN4O2. The molecule has 0 spiro atoms. The molecule has 1 rings (SSSR count). The van der Waals surface area contributed by atoms with E-state index >= 15 is 0 Å². The first kappa shape index (κ1) is 22.3. The summed E-state index contributed by atoms with van der Waals surface area (Å²) >= 11 is 0. The van der Waals surface area contributed by atoms with Gasteiger partial charge in [-0.2, -0.15) is 0 Å². The van der Waals surface area contributed by atoms with Crippen LogP contribution in [0.2, 0.25) is 0 Å². The van der Waals surface area contributed by atoms with Crippen LogP contribution in [0, 0.1) is 5.92 Å². The lowest BCUT2D eigenvalue weighted by Crippen LogP contribution is -2.42. The summed E-state index contributed by atoms with van der Waals surface area (Å²) in [6.07, 6.45) is 2.98. The van der Waals surface area contributed by atoms with Gasteiger partial charge < -0.3 is 20.3 Å². The molecule has 1 heterocycles. The highest BCUT2D eigenvalue weighted by atomic mass is 127. The molecule has 2 N–H and O–H groups in total. The number of nitrogens with one attached hydrogen (secondary N) is 2. The van der Waals surface area contributed by atoms with E-state index in [9.17, 15) is 4.79 Å². The van der Waals surface area contributed by atoms with Crippen LogP contribution in [0.15, 0.2) is 4.99 Å². The van der Waals surface area contributed by atoms with Crippen LogP contribution in [0.1, 0.15) is 47.0 Å². The number of hydrogen-bond acceptors (Lipinski definition) is 3. The first-order valence-corrected chi connectivity index (χ1v) is 8.53. The van der Waals surface area contributed by atoms with Crippen molar-refractivity contribution in [3.8, 4) is 0 Å². The van der Waals surface area contributed by atoms with Crippen LogP contribution in [0.5, 0.6) is 0 Å². The number of likely N-dealkylation sites (tertiary alicyclic amines) is 1. The predicted octanol–water partition coefficient (Wildman–Crippen LogP) is 2.83. The van der Waals surface area contributed by atoms with Gasteiger partial charge in [-0.05, 0) is 39.0 Å². The molecule has 1 atom stereocenters. The first-order valence-electron chi connectivity index (χ1n) is 8.53. The van der Waals surface area contributed by atoms with Crippen molar-refractivity contribution in [2.45, 2.75) is 53.0 Å². The number of guanidine groups is 1. The van der Waals surface area contributed by atoms with Gasteiger partial charge in [0.05, 0.1) is 19.2 Å². The number of amides is 1. The van der Waals surface area contributed by atoms with Crippen molar-refractivity contribution in [1.29, 1.82) is 0 Å². The molecule has 0 saturated carbocycles. The van der Waals surface area contributed by atoms with Crippen LogP contribution in [0.3, 0.4) is 0 Å². The van der Waals surface area contributed by atoms with E-state index in [4.69, 9.17) is 9.73 Å². The molecular weight excluding hydrogens is 407 g/mol. The number of carbonyl (C=O) groups excluding carboxylic acids is 1. The van der Waals surface area contributed by atoms with Gasteiger partial charge in [-0.3, -0.25) is 4.99 Å². The van der Waals surface area contributed by atoms with Crippen molar-refractivity contribution < 1.29 is 9.53 Å². The van der Waals surface area contributed by atoms with Crippen LogP contribution >= 0.6 is 24.0 Å². The number of carbonyl (C=O) groups is 1. The second-order valence-electron chi connectivity index (χ2n) is 6.08. The molecule has 1 aliphatic rings. The molecule has 23 heavy (non-hydrogen) atoms. The van der Waals surface area contributed by atoms with Gasteiger partial charge in [-0.1, -0.05) is 13.8 Å². The van der Waals surface area contributed by atoms with Gasteiger partial charge in [0.25, 0.3) is 0 Å². The normalized spacial score (nSPS) is 16.0. The fourth-order valence-electron chi connectivity index (χ4n) is 2.64. The van der Waals surface area contributed by atoms with E-state index in [0.29, 0.717) is 19.1 Å². The smallest absolute Gasteiger partial charge is 0.407 e. The molecule has 1 saturated heterocycles. The minimum Gasteiger partial charge on any atom is -0.450 e. The van der Waals surface area contributed by atoms with Crippen LogP contribution in [-0.4, -0.2) is 55.8 Å². The average molecular weight is 440 g/mol. The molecule has 1 amide bonds. The highest BCUT2D eigenvalue weighted by Crippen LogP contribution is 2.09. The molecule has 0 aromatic carbocycles. The van der Waals surface area contributed by atoms with Gasteiger partial charge >= 0.3 is 6.09 Å². The number of rotatable bonds is 7. The Bertz CT molecular complexity index is 358. The third kappa shape index (κ3) is 9.22. The zero-order chi connectivity index (χ0) is 16.4. The summed E-state index contributed by atoms with van der Waals surface area (Å²) in [5, 5.41) is 6.27. The Morgan fingerprint density at radius 1 is 1.26 bits per heavy atom. The molecule has 0 aromatic rings. The van der Waals surface area contributed by atoms with E-state index in [1.165, 1.54) is 12.8 Å². The van der Waals surface area contributed by atoms with E-state index in [1.807, 2.05) is 6.92 Å². The van der Waals surface area contributed by atoms with Crippen LogP contribution in [0.25, 0.3) is 0 Å². The second kappa shape index (κ2) is 12.7. The zero-order valence-electron chi connectivity index (χ0n) is 14.9. The molecule has 6 nitrogen and oxygen atoms in total. The summed E-state index contributed by atoms with van der Waals surface area (Å²) in [4.78, 5) is 18.7. The maximum atomic E-state index is 11.7. The monoisotopic (exact) mass is 440 g/mol. The molecule has 7 heteroatoms. The lowest BCUT2D eigenvalue weighted by atomic mass is 10.0. The summed E-state index contributed by atoms with van der Waals surface area (Å²) in [5.41, 5.74) is 0. The molecule has 0 bridgehead atoms. The molecule has 1 unspecified atom stereocenters. The quantitative estimate of drug-likeness (QED) is 0.363. The lowest BCUT2D eigenvalue weighted by molar-refractivity contribution is 0.147. The first-order chi connectivity index (χ1) is 10.6. The highest BCUT2D eigenvalue weighted by molar-refractivity contribution is 14.0. The standard InChI is InChI=1S/C16H32N4O2.HI/c1-5-17-15(20-9-7-8-10-20)18-12-14(11-13(3)4)19-16(21)22-6-2;/h13-14H,5-12H2,1-4H3,(H,17,18)(H,19,21);1H. The molecule has 1 aliphatic heterocycles. The third-order valence-electron chi connectivity index (χ3n) is 3.56. The Balaban J connectivity index is 0.00000484. The predicted molar refractivity (Wildman–Crippen MR) is 106 cm³/mol. The summed E-state index contributed by atoms with van der Waals surface area (Å²) in [6, 6.07) is 0.00955. The SMILES string of the molecule is CCNC(=NCC(CC(C)C)NC(=O)OCC)N1CCCC1.I. The Morgan fingerprint density at radius 2 is 1.91 bits per heavy atom.